The fourth-order valence-electron chi connectivity index (χ4n) is 0.843. The normalized spacial score (nSPS) is 10.4. The van der Waals surface area contributed by atoms with E-state index in [1.54, 1.807) is 6.07 Å². The molecule has 0 aliphatic carbocycles. The molecule has 0 spiro atoms. The van der Waals surface area contributed by atoms with Crippen LogP contribution in [-0.4, -0.2) is 19.0 Å². The zero-order valence-electron chi connectivity index (χ0n) is 9.58. The molecule has 0 saturated heterocycles. The summed E-state index contributed by atoms with van der Waals surface area (Å²) in [6.45, 7) is 4.91. The highest BCUT2D eigenvalue weighted by atomic mass is 16.1. The maximum absolute atomic E-state index is 11.4. The van der Waals surface area contributed by atoms with E-state index in [4.69, 9.17) is 10.5 Å². The van der Waals surface area contributed by atoms with Crippen molar-refractivity contribution in [3.63, 3.8) is 0 Å². The van der Waals surface area contributed by atoms with Gasteiger partial charge in [-0.05, 0) is 5.92 Å². The predicted octanol–water partition coefficient (Wildman–Crippen LogP) is 0.669. The second kappa shape index (κ2) is 8.31. The van der Waals surface area contributed by atoms with Crippen molar-refractivity contribution < 1.29 is 4.79 Å². The quantitative estimate of drug-likeness (QED) is 0.391. The Labute approximate surface area is 95.7 Å². The van der Waals surface area contributed by atoms with Gasteiger partial charge in [0.1, 0.15) is 11.6 Å². The Balaban J connectivity index is 4.12. The molecule has 0 aliphatic heterocycles. The lowest BCUT2D eigenvalue weighted by Gasteiger charge is -2.06. The summed E-state index contributed by atoms with van der Waals surface area (Å²) in [6, 6.07) is 3.76. The first-order chi connectivity index (χ1) is 7.61. The zero-order chi connectivity index (χ0) is 12.4. The van der Waals surface area contributed by atoms with Gasteiger partial charge in [-0.1, -0.05) is 13.8 Å². The van der Waals surface area contributed by atoms with Gasteiger partial charge in [0.15, 0.2) is 0 Å². The van der Waals surface area contributed by atoms with Crippen LogP contribution in [0.4, 0.5) is 0 Å². The van der Waals surface area contributed by atoms with Crippen LogP contribution in [0.25, 0.3) is 0 Å². The van der Waals surface area contributed by atoms with Gasteiger partial charge < -0.3 is 10.6 Å². The largest absolute Gasteiger partial charge is 0.389 e. The van der Waals surface area contributed by atoms with Crippen LogP contribution in [0.15, 0.2) is 11.8 Å². The first-order valence-electron chi connectivity index (χ1n) is 5.10. The highest BCUT2D eigenvalue weighted by molar-refractivity contribution is 5.97. The molecule has 16 heavy (non-hydrogen) atoms. The van der Waals surface area contributed by atoms with Gasteiger partial charge in [-0.15, -0.1) is 0 Å². The first kappa shape index (κ1) is 14.0. The van der Waals surface area contributed by atoms with E-state index in [2.05, 4.69) is 10.6 Å². The summed E-state index contributed by atoms with van der Waals surface area (Å²) in [4.78, 5) is 11.4. The monoisotopic (exact) mass is 220 g/mol. The third kappa shape index (κ3) is 6.44. The molecule has 0 aliphatic rings. The fraction of sp³-hybridized carbons (Fsp3) is 0.545. The lowest BCUT2D eigenvalue weighted by Crippen LogP contribution is -2.29. The fourth-order valence-corrected chi connectivity index (χ4v) is 0.843. The minimum absolute atomic E-state index is 0.0265. The molecule has 86 valence electrons. The van der Waals surface area contributed by atoms with Crippen molar-refractivity contribution in [3.05, 3.63) is 11.8 Å². The van der Waals surface area contributed by atoms with E-state index in [0.29, 0.717) is 25.4 Å². The van der Waals surface area contributed by atoms with Gasteiger partial charge >= 0.3 is 0 Å². The molecule has 0 heterocycles. The van der Waals surface area contributed by atoms with Gasteiger partial charge in [0.05, 0.1) is 12.5 Å². The summed E-state index contributed by atoms with van der Waals surface area (Å²) in [7, 11) is 0. The average molecular weight is 220 g/mol. The zero-order valence-corrected chi connectivity index (χ0v) is 9.58. The summed E-state index contributed by atoms with van der Waals surface area (Å²) in [6.07, 6.45) is 1.68. The minimum atomic E-state index is -0.388. The molecule has 5 nitrogen and oxygen atoms in total. The molecule has 0 bridgehead atoms. The average Bonchev–Trinajstić information content (AvgIpc) is 2.26. The van der Waals surface area contributed by atoms with Crippen LogP contribution >= 0.6 is 0 Å². The number of amides is 1. The summed E-state index contributed by atoms with van der Waals surface area (Å²) >= 11 is 0. The number of carbonyl (C=O) groups excluding carboxylic acids is 1. The lowest BCUT2D eigenvalue weighted by atomic mass is 10.2. The Morgan fingerprint density at radius 2 is 2.12 bits per heavy atom. The SMILES string of the molecule is CC(C)CNC(=O)/C(C#N)=C\NCCC#N. The van der Waals surface area contributed by atoms with Gasteiger partial charge in [-0.25, -0.2) is 0 Å². The Kier molecular flexibility index (Phi) is 7.27. The summed E-state index contributed by atoms with van der Waals surface area (Å²) < 4.78 is 0. The molecule has 0 saturated carbocycles. The molecule has 0 fully saturated rings. The third-order valence-corrected chi connectivity index (χ3v) is 1.66. The van der Waals surface area contributed by atoms with Gasteiger partial charge in [0.25, 0.3) is 5.91 Å². The van der Waals surface area contributed by atoms with E-state index >= 15 is 0 Å². The molecule has 1 amide bonds. The molecular formula is C11H16N4O. The van der Waals surface area contributed by atoms with Crippen LogP contribution in [0.5, 0.6) is 0 Å². The van der Waals surface area contributed by atoms with Crippen molar-refractivity contribution in [2.45, 2.75) is 20.3 Å². The smallest absolute Gasteiger partial charge is 0.263 e. The van der Waals surface area contributed by atoms with Crippen molar-refractivity contribution in [2.75, 3.05) is 13.1 Å². The Morgan fingerprint density at radius 1 is 1.44 bits per heavy atom. The van der Waals surface area contributed by atoms with E-state index in [-0.39, 0.29) is 11.5 Å². The highest BCUT2D eigenvalue weighted by Crippen LogP contribution is 1.93. The number of hydrogen-bond donors (Lipinski definition) is 2. The van der Waals surface area contributed by atoms with Crippen LogP contribution in [0, 0.1) is 28.6 Å². The van der Waals surface area contributed by atoms with E-state index < -0.39 is 0 Å². The minimum Gasteiger partial charge on any atom is -0.389 e. The summed E-state index contributed by atoms with van der Waals surface area (Å²) in [5, 5.41) is 22.4. The molecule has 0 aromatic heterocycles. The molecule has 0 rings (SSSR count). The Morgan fingerprint density at radius 3 is 2.62 bits per heavy atom. The summed E-state index contributed by atoms with van der Waals surface area (Å²) in [5.74, 6) is -0.0453. The maximum Gasteiger partial charge on any atom is 0.263 e. The van der Waals surface area contributed by atoms with Crippen molar-refractivity contribution in [2.24, 2.45) is 5.92 Å². The maximum atomic E-state index is 11.4. The number of nitrogens with zero attached hydrogens (tertiary/aromatic N) is 2. The molecule has 0 aromatic carbocycles. The standard InChI is InChI=1S/C11H16N4O/c1-9(2)7-15-11(16)10(6-13)8-14-5-3-4-12/h8-9,14H,3,5,7H2,1-2H3,(H,15,16)/b10-8-. The number of carbonyl (C=O) groups is 1. The number of nitriles is 2. The predicted molar refractivity (Wildman–Crippen MR) is 59.8 cm³/mol. The summed E-state index contributed by atoms with van der Waals surface area (Å²) in [5.41, 5.74) is 0.0265. The van der Waals surface area contributed by atoms with Crippen LogP contribution in [0.2, 0.25) is 0 Å². The highest BCUT2D eigenvalue weighted by Gasteiger charge is 2.08. The van der Waals surface area contributed by atoms with E-state index in [0.717, 1.165) is 0 Å². The van der Waals surface area contributed by atoms with Crippen LogP contribution < -0.4 is 10.6 Å². The number of rotatable bonds is 6. The van der Waals surface area contributed by atoms with E-state index in [1.165, 1.54) is 6.20 Å². The van der Waals surface area contributed by atoms with Crippen LogP contribution in [0.3, 0.4) is 0 Å². The molecular weight excluding hydrogens is 204 g/mol. The molecule has 2 N–H and O–H groups in total. The van der Waals surface area contributed by atoms with Crippen molar-refractivity contribution in [1.82, 2.24) is 10.6 Å². The van der Waals surface area contributed by atoms with Gasteiger partial charge in [-0.2, -0.15) is 10.5 Å². The van der Waals surface area contributed by atoms with Gasteiger partial charge in [0, 0.05) is 19.3 Å². The van der Waals surface area contributed by atoms with Gasteiger partial charge in [-0.3, -0.25) is 4.79 Å². The van der Waals surface area contributed by atoms with Gasteiger partial charge in [0.2, 0.25) is 0 Å². The van der Waals surface area contributed by atoms with Crippen molar-refractivity contribution in [1.29, 1.82) is 10.5 Å². The van der Waals surface area contributed by atoms with Crippen LogP contribution in [0.1, 0.15) is 20.3 Å². The molecule has 0 unspecified atom stereocenters. The number of hydrogen-bond acceptors (Lipinski definition) is 4. The Hall–Kier alpha value is -2.01. The number of nitrogens with one attached hydrogen (secondary N) is 2. The lowest BCUT2D eigenvalue weighted by molar-refractivity contribution is -0.117. The first-order valence-corrected chi connectivity index (χ1v) is 5.10. The van der Waals surface area contributed by atoms with Crippen LogP contribution in [-0.2, 0) is 4.79 Å². The third-order valence-electron chi connectivity index (χ3n) is 1.66. The molecule has 5 heteroatoms. The Bertz CT molecular complexity index is 333. The topological polar surface area (TPSA) is 88.7 Å². The second-order valence-electron chi connectivity index (χ2n) is 3.64. The molecule has 0 aromatic rings. The molecule has 0 atom stereocenters. The van der Waals surface area contributed by atoms with Crippen molar-refractivity contribution >= 4 is 5.91 Å². The van der Waals surface area contributed by atoms with Crippen molar-refractivity contribution in [3.8, 4) is 12.1 Å². The van der Waals surface area contributed by atoms with E-state index in [1.807, 2.05) is 19.9 Å². The second-order valence-corrected chi connectivity index (χ2v) is 3.64. The molecule has 0 radical (unpaired) electrons. The van der Waals surface area contributed by atoms with E-state index in [9.17, 15) is 4.79 Å².